The van der Waals surface area contributed by atoms with Crippen LogP contribution in [0.3, 0.4) is 0 Å². The van der Waals surface area contributed by atoms with E-state index in [1.54, 1.807) is 29.5 Å². The molecule has 0 radical (unpaired) electrons. The Hall–Kier alpha value is -4.98. The van der Waals surface area contributed by atoms with E-state index in [4.69, 9.17) is 11.6 Å². The summed E-state index contributed by atoms with van der Waals surface area (Å²) in [5, 5.41) is 6.60. The van der Waals surface area contributed by atoms with Gasteiger partial charge in [0.05, 0.1) is 53.3 Å². The van der Waals surface area contributed by atoms with Gasteiger partial charge in [-0.3, -0.25) is 14.5 Å². The van der Waals surface area contributed by atoms with Crippen LogP contribution < -0.4 is 10.2 Å². The van der Waals surface area contributed by atoms with Crippen molar-refractivity contribution in [1.29, 1.82) is 0 Å². The first-order valence-electron chi connectivity index (χ1n) is 12.6. The summed E-state index contributed by atoms with van der Waals surface area (Å²) < 4.78 is 43.4. The number of carbonyl (C=O) groups excluding carboxylic acids is 1. The summed E-state index contributed by atoms with van der Waals surface area (Å²) in [6.45, 7) is 3.12. The highest BCUT2D eigenvalue weighted by Crippen LogP contribution is 2.35. The molecule has 0 spiro atoms. The van der Waals surface area contributed by atoms with Crippen molar-refractivity contribution in [3.63, 3.8) is 0 Å². The summed E-state index contributed by atoms with van der Waals surface area (Å²) in [7, 11) is 0. The van der Waals surface area contributed by atoms with Crippen molar-refractivity contribution in [3.05, 3.63) is 101 Å². The first kappa shape index (κ1) is 27.2. The molecule has 1 amide bonds. The molecule has 6 rings (SSSR count). The number of carbonyl (C=O) groups is 1. The van der Waals surface area contributed by atoms with Crippen molar-refractivity contribution >= 4 is 29.1 Å². The normalized spacial score (nSPS) is 13.3. The second-order valence-corrected chi connectivity index (χ2v) is 9.83. The van der Waals surface area contributed by atoms with Crippen LogP contribution >= 0.6 is 11.6 Å². The lowest BCUT2D eigenvalue weighted by molar-refractivity contribution is 0.102. The standard InChI is InChI=1S/C27H20ClF3N10O/c1-14(15-5-34-27(35-6-15)40-10-16-4-33-13-36-22(16)12-40)41-11-17(7-37-41)38-26(42)21-9-32-8-20(39-21)23-18(25(30)31)2-3-19(28)24(23)29/h2-9,11,13-14,25H,10,12H2,1H3,(H,38,42). The molecule has 11 nitrogen and oxygen atoms in total. The van der Waals surface area contributed by atoms with Gasteiger partial charge in [-0.25, -0.2) is 38.1 Å². The second kappa shape index (κ2) is 11.1. The number of halogens is 4. The number of benzene rings is 1. The molecule has 1 unspecified atom stereocenters. The molecule has 0 saturated carbocycles. The van der Waals surface area contributed by atoms with E-state index in [0.29, 0.717) is 24.7 Å². The third-order valence-electron chi connectivity index (χ3n) is 6.75. The number of aromatic nitrogens is 8. The molecule has 0 saturated heterocycles. The van der Waals surface area contributed by atoms with Crippen LogP contribution in [0.4, 0.5) is 24.8 Å². The Bertz CT molecular complexity index is 1760. The molecular formula is C27H20ClF3N10O. The molecular weight excluding hydrogens is 573 g/mol. The molecule has 1 aliphatic rings. The van der Waals surface area contributed by atoms with E-state index in [1.165, 1.54) is 12.5 Å². The van der Waals surface area contributed by atoms with Crippen molar-refractivity contribution in [2.75, 3.05) is 10.2 Å². The Balaban J connectivity index is 1.15. The topological polar surface area (TPSA) is 128 Å². The van der Waals surface area contributed by atoms with Gasteiger partial charge in [-0.2, -0.15) is 5.10 Å². The third-order valence-corrected chi connectivity index (χ3v) is 7.04. The monoisotopic (exact) mass is 592 g/mol. The lowest BCUT2D eigenvalue weighted by atomic mass is 10.0. The van der Waals surface area contributed by atoms with E-state index in [0.717, 1.165) is 41.3 Å². The molecule has 1 aromatic carbocycles. The average Bonchev–Trinajstić information content (AvgIpc) is 3.65. The van der Waals surface area contributed by atoms with Crippen LogP contribution in [0.2, 0.25) is 5.02 Å². The maximum Gasteiger partial charge on any atom is 0.275 e. The molecule has 5 heterocycles. The van der Waals surface area contributed by atoms with Crippen LogP contribution in [0.25, 0.3) is 11.3 Å². The number of nitrogens with zero attached hydrogens (tertiary/aromatic N) is 9. The lowest BCUT2D eigenvalue weighted by Crippen LogP contribution is -2.18. The number of nitrogens with one attached hydrogen (secondary N) is 1. The molecule has 1 atom stereocenters. The zero-order valence-electron chi connectivity index (χ0n) is 21.8. The SMILES string of the molecule is CC(c1cnc(N2Cc3cncnc3C2)nc1)n1cc(NC(=O)c2cncc(-c3c(C(F)F)ccc(Cl)c3F)n2)cn1. The molecule has 0 aliphatic carbocycles. The molecule has 1 N–H and O–H groups in total. The summed E-state index contributed by atoms with van der Waals surface area (Å²) in [6.07, 6.45) is 9.01. The molecule has 15 heteroatoms. The van der Waals surface area contributed by atoms with Crippen LogP contribution in [0.1, 0.15) is 52.3 Å². The summed E-state index contributed by atoms with van der Waals surface area (Å²) in [4.78, 5) is 40.2. The minimum Gasteiger partial charge on any atom is -0.330 e. The van der Waals surface area contributed by atoms with Crippen molar-refractivity contribution in [2.24, 2.45) is 0 Å². The van der Waals surface area contributed by atoms with Gasteiger partial charge in [0.25, 0.3) is 12.3 Å². The molecule has 42 heavy (non-hydrogen) atoms. The number of hydrogen-bond acceptors (Lipinski definition) is 9. The number of rotatable bonds is 7. The summed E-state index contributed by atoms with van der Waals surface area (Å²) >= 11 is 5.81. The highest BCUT2D eigenvalue weighted by atomic mass is 35.5. The van der Waals surface area contributed by atoms with Gasteiger partial charge in [-0.05, 0) is 13.0 Å². The Morgan fingerprint density at radius 3 is 2.60 bits per heavy atom. The minimum absolute atomic E-state index is 0.216. The van der Waals surface area contributed by atoms with E-state index in [1.807, 2.05) is 11.8 Å². The number of amides is 1. The quantitative estimate of drug-likeness (QED) is 0.277. The van der Waals surface area contributed by atoms with Crippen LogP contribution in [0, 0.1) is 5.82 Å². The maximum absolute atomic E-state index is 14.7. The number of alkyl halides is 2. The molecule has 1 aliphatic heterocycles. The van der Waals surface area contributed by atoms with Gasteiger partial charge in [-0.1, -0.05) is 17.7 Å². The number of anilines is 2. The fourth-order valence-corrected chi connectivity index (χ4v) is 4.68. The summed E-state index contributed by atoms with van der Waals surface area (Å²) in [6, 6.07) is 1.77. The van der Waals surface area contributed by atoms with Crippen LogP contribution in [-0.4, -0.2) is 45.6 Å². The molecule has 5 aromatic rings. The molecule has 0 bridgehead atoms. The van der Waals surface area contributed by atoms with Crippen molar-refractivity contribution in [1.82, 2.24) is 39.7 Å². The highest BCUT2D eigenvalue weighted by Gasteiger charge is 2.24. The van der Waals surface area contributed by atoms with Gasteiger partial charge in [0.2, 0.25) is 5.95 Å². The van der Waals surface area contributed by atoms with E-state index < -0.39 is 29.3 Å². The van der Waals surface area contributed by atoms with E-state index in [-0.39, 0.29) is 22.5 Å². The lowest BCUT2D eigenvalue weighted by Gasteiger charge is -2.16. The Kier molecular flexibility index (Phi) is 7.20. The van der Waals surface area contributed by atoms with Gasteiger partial charge in [0, 0.05) is 53.6 Å². The van der Waals surface area contributed by atoms with Gasteiger partial charge in [0.15, 0.2) is 5.82 Å². The average molecular weight is 593 g/mol. The first-order chi connectivity index (χ1) is 20.3. The fraction of sp³-hybridized carbons (Fsp3) is 0.185. The van der Waals surface area contributed by atoms with Gasteiger partial charge < -0.3 is 10.2 Å². The number of hydrogen-bond donors (Lipinski definition) is 1. The van der Waals surface area contributed by atoms with E-state index in [2.05, 4.69) is 40.3 Å². The number of fused-ring (bicyclic) bond motifs is 1. The van der Waals surface area contributed by atoms with Gasteiger partial charge in [-0.15, -0.1) is 0 Å². The summed E-state index contributed by atoms with van der Waals surface area (Å²) in [5.74, 6) is -1.20. The van der Waals surface area contributed by atoms with E-state index in [9.17, 15) is 18.0 Å². The Morgan fingerprint density at radius 1 is 1.02 bits per heavy atom. The second-order valence-electron chi connectivity index (χ2n) is 9.42. The molecule has 212 valence electrons. The third kappa shape index (κ3) is 5.23. The zero-order chi connectivity index (χ0) is 29.4. The van der Waals surface area contributed by atoms with Crippen molar-refractivity contribution in [3.8, 4) is 11.3 Å². The van der Waals surface area contributed by atoms with Crippen LogP contribution in [0.15, 0.2) is 61.8 Å². The first-order valence-corrected chi connectivity index (χ1v) is 12.9. The molecule has 4 aromatic heterocycles. The Morgan fingerprint density at radius 2 is 1.83 bits per heavy atom. The predicted molar refractivity (Wildman–Crippen MR) is 145 cm³/mol. The predicted octanol–water partition coefficient (Wildman–Crippen LogP) is 5.03. The van der Waals surface area contributed by atoms with Crippen LogP contribution in [-0.2, 0) is 13.1 Å². The largest absolute Gasteiger partial charge is 0.330 e. The van der Waals surface area contributed by atoms with Gasteiger partial charge >= 0.3 is 0 Å². The minimum atomic E-state index is -2.99. The van der Waals surface area contributed by atoms with Crippen molar-refractivity contribution in [2.45, 2.75) is 32.5 Å². The van der Waals surface area contributed by atoms with Gasteiger partial charge in [0.1, 0.15) is 12.0 Å². The van der Waals surface area contributed by atoms with Crippen LogP contribution in [0.5, 0.6) is 0 Å². The van der Waals surface area contributed by atoms with E-state index >= 15 is 0 Å². The molecule has 0 fully saturated rings. The summed E-state index contributed by atoms with van der Waals surface area (Å²) in [5.41, 5.74) is 1.51. The fourth-order valence-electron chi connectivity index (χ4n) is 4.52. The smallest absolute Gasteiger partial charge is 0.275 e. The highest BCUT2D eigenvalue weighted by molar-refractivity contribution is 6.31. The zero-order valence-corrected chi connectivity index (χ0v) is 22.5. The Labute approximate surface area is 241 Å². The maximum atomic E-state index is 14.7. The van der Waals surface area contributed by atoms with Crippen molar-refractivity contribution < 1.29 is 18.0 Å².